The molecule has 5 aromatic rings. The smallest absolute Gasteiger partial charge is 0.311 e. The number of benzene rings is 2. The predicted molar refractivity (Wildman–Crippen MR) is 120 cm³/mol. The van der Waals surface area contributed by atoms with Crippen molar-refractivity contribution in [2.45, 2.75) is 24.3 Å². The van der Waals surface area contributed by atoms with Gasteiger partial charge in [0, 0.05) is 5.75 Å². The molecule has 0 unspecified atom stereocenters. The number of para-hydroxylation sites is 1. The summed E-state index contributed by atoms with van der Waals surface area (Å²) in [4.78, 5) is 16.5. The molecule has 160 valence electrons. The molecule has 0 atom stereocenters. The Morgan fingerprint density at radius 3 is 2.69 bits per heavy atom. The molecular weight excluding hydrogens is 426 g/mol. The third kappa shape index (κ3) is 3.80. The van der Waals surface area contributed by atoms with Crippen molar-refractivity contribution in [1.82, 2.24) is 34.6 Å². The Bertz CT molecular complexity index is 1430. The van der Waals surface area contributed by atoms with E-state index in [1.807, 2.05) is 36.4 Å². The zero-order valence-corrected chi connectivity index (χ0v) is 18.3. The highest BCUT2D eigenvalue weighted by Crippen LogP contribution is 2.24. The van der Waals surface area contributed by atoms with Crippen LogP contribution in [0.15, 0.2) is 59.8 Å². The van der Waals surface area contributed by atoms with Crippen LogP contribution in [0.2, 0.25) is 0 Å². The Balaban J connectivity index is 1.60. The van der Waals surface area contributed by atoms with Crippen molar-refractivity contribution in [3.63, 3.8) is 0 Å². The van der Waals surface area contributed by atoms with E-state index in [2.05, 4.69) is 50.5 Å². The van der Waals surface area contributed by atoms with Gasteiger partial charge in [-0.3, -0.25) is 4.79 Å². The van der Waals surface area contributed by atoms with Crippen LogP contribution in [-0.2, 0) is 21.7 Å². The van der Waals surface area contributed by atoms with Crippen LogP contribution in [0.1, 0.15) is 16.8 Å². The molecule has 0 amide bonds. The number of aromatic nitrogens is 7. The van der Waals surface area contributed by atoms with E-state index in [1.165, 1.54) is 30.0 Å². The van der Waals surface area contributed by atoms with Gasteiger partial charge in [-0.25, -0.2) is 4.68 Å². The lowest BCUT2D eigenvalue weighted by Crippen LogP contribution is -2.06. The normalized spacial score (nSPS) is 11.3. The standard InChI is InChI=1S/C22H19N7O2S/c1-14-7-6-8-15(11-14)13-32-22-23-21-25-24-19-17(12-18(30)31-2)26-28(20(19)29(21)27-22)16-9-4-3-5-10-16/h3-11H,12-13H2,1-2H3. The van der Waals surface area contributed by atoms with Crippen LogP contribution in [0, 0.1) is 6.92 Å². The molecule has 10 heteroatoms. The molecule has 9 nitrogen and oxygen atoms in total. The van der Waals surface area contributed by atoms with Gasteiger partial charge in [-0.1, -0.05) is 59.8 Å². The topological polar surface area (TPSA) is 100 Å². The number of methoxy groups -OCH3 is 1. The number of fused-ring (bicyclic) bond motifs is 3. The quantitative estimate of drug-likeness (QED) is 0.290. The second-order valence-electron chi connectivity index (χ2n) is 7.20. The highest BCUT2D eigenvalue weighted by Gasteiger charge is 2.21. The average molecular weight is 446 g/mol. The van der Waals surface area contributed by atoms with Gasteiger partial charge in [-0.05, 0) is 24.6 Å². The van der Waals surface area contributed by atoms with Crippen LogP contribution < -0.4 is 0 Å². The molecule has 5 rings (SSSR count). The molecule has 3 aromatic heterocycles. The van der Waals surface area contributed by atoms with Crippen LogP contribution in [0.3, 0.4) is 0 Å². The summed E-state index contributed by atoms with van der Waals surface area (Å²) in [5, 5.41) is 18.4. The lowest BCUT2D eigenvalue weighted by atomic mass is 10.2. The maximum atomic E-state index is 11.9. The lowest BCUT2D eigenvalue weighted by Gasteiger charge is -2.03. The zero-order chi connectivity index (χ0) is 22.1. The fraction of sp³-hybridized carbons (Fsp3) is 0.182. The van der Waals surface area contributed by atoms with Crippen LogP contribution in [-0.4, -0.2) is 47.7 Å². The van der Waals surface area contributed by atoms with Crippen LogP contribution in [0.25, 0.3) is 22.6 Å². The molecular formula is C22H19N7O2S. The van der Waals surface area contributed by atoms with E-state index in [-0.39, 0.29) is 6.42 Å². The van der Waals surface area contributed by atoms with Gasteiger partial charge in [0.2, 0.25) is 5.16 Å². The third-order valence-corrected chi connectivity index (χ3v) is 5.82. The first-order valence-corrected chi connectivity index (χ1v) is 10.9. The van der Waals surface area contributed by atoms with Gasteiger partial charge >= 0.3 is 5.97 Å². The van der Waals surface area contributed by atoms with Crippen molar-refractivity contribution >= 4 is 34.7 Å². The van der Waals surface area contributed by atoms with Gasteiger partial charge in [0.1, 0.15) is 5.69 Å². The van der Waals surface area contributed by atoms with Gasteiger partial charge in [0.05, 0.1) is 19.2 Å². The number of rotatable bonds is 6. The number of ether oxygens (including phenoxy) is 1. The van der Waals surface area contributed by atoms with E-state index >= 15 is 0 Å². The van der Waals surface area contributed by atoms with Crippen molar-refractivity contribution in [2.75, 3.05) is 7.11 Å². The Labute approximate surface area is 187 Å². The molecule has 0 spiro atoms. The number of carbonyl (C=O) groups excluding carboxylic acids is 1. The summed E-state index contributed by atoms with van der Waals surface area (Å²) in [6.45, 7) is 2.07. The van der Waals surface area contributed by atoms with Gasteiger partial charge in [0.25, 0.3) is 5.78 Å². The minimum atomic E-state index is -0.403. The molecule has 0 aliphatic heterocycles. The number of hydrogen-bond donors (Lipinski definition) is 0. The second kappa shape index (κ2) is 8.39. The van der Waals surface area contributed by atoms with E-state index in [0.717, 1.165) is 11.4 Å². The summed E-state index contributed by atoms with van der Waals surface area (Å²) in [6, 6.07) is 17.9. The molecule has 0 saturated heterocycles. The number of hydrogen-bond acceptors (Lipinski definition) is 8. The van der Waals surface area contributed by atoms with Gasteiger partial charge in [-0.2, -0.15) is 14.6 Å². The first kappa shape index (κ1) is 20.1. The monoisotopic (exact) mass is 445 g/mol. The van der Waals surface area contributed by atoms with E-state index in [0.29, 0.717) is 27.8 Å². The van der Waals surface area contributed by atoms with Crippen molar-refractivity contribution < 1.29 is 9.53 Å². The molecule has 0 bridgehead atoms. The van der Waals surface area contributed by atoms with Gasteiger partial charge in [0.15, 0.2) is 11.2 Å². The van der Waals surface area contributed by atoms with E-state index < -0.39 is 5.97 Å². The summed E-state index contributed by atoms with van der Waals surface area (Å²) in [5.74, 6) is 0.700. The number of thioether (sulfide) groups is 1. The lowest BCUT2D eigenvalue weighted by molar-refractivity contribution is -0.139. The largest absolute Gasteiger partial charge is 0.469 e. The fourth-order valence-electron chi connectivity index (χ4n) is 3.41. The highest BCUT2D eigenvalue weighted by atomic mass is 32.2. The summed E-state index contributed by atoms with van der Waals surface area (Å²) in [5.41, 5.74) is 4.76. The molecule has 32 heavy (non-hydrogen) atoms. The van der Waals surface area contributed by atoms with E-state index in [4.69, 9.17) is 4.74 Å². The van der Waals surface area contributed by atoms with Crippen molar-refractivity contribution in [3.8, 4) is 5.69 Å². The van der Waals surface area contributed by atoms with Crippen LogP contribution >= 0.6 is 11.8 Å². The first-order valence-electron chi connectivity index (χ1n) is 9.94. The SMILES string of the molecule is COC(=O)Cc1nn(-c2ccccc2)c2c1nnc1nc(SCc3cccc(C)c3)nn12. The van der Waals surface area contributed by atoms with Gasteiger partial charge < -0.3 is 4.74 Å². The maximum absolute atomic E-state index is 11.9. The molecule has 0 aliphatic carbocycles. The third-order valence-electron chi connectivity index (χ3n) is 4.91. The minimum Gasteiger partial charge on any atom is -0.469 e. The molecule has 0 radical (unpaired) electrons. The number of aryl methyl sites for hydroxylation is 1. The molecule has 0 aliphatic rings. The first-order chi connectivity index (χ1) is 15.6. The van der Waals surface area contributed by atoms with E-state index in [1.54, 1.807) is 9.20 Å². The molecule has 0 N–H and O–H groups in total. The highest BCUT2D eigenvalue weighted by molar-refractivity contribution is 7.98. The summed E-state index contributed by atoms with van der Waals surface area (Å²) < 4.78 is 8.15. The summed E-state index contributed by atoms with van der Waals surface area (Å²) in [7, 11) is 1.34. The van der Waals surface area contributed by atoms with E-state index in [9.17, 15) is 4.79 Å². The number of nitrogens with zero attached hydrogens (tertiary/aromatic N) is 7. The van der Waals surface area contributed by atoms with Crippen molar-refractivity contribution in [3.05, 3.63) is 71.4 Å². The summed E-state index contributed by atoms with van der Waals surface area (Å²) in [6.07, 6.45) is -0.0172. The van der Waals surface area contributed by atoms with Crippen molar-refractivity contribution in [1.29, 1.82) is 0 Å². The number of carbonyl (C=O) groups is 1. The van der Waals surface area contributed by atoms with Crippen LogP contribution in [0.5, 0.6) is 0 Å². The zero-order valence-electron chi connectivity index (χ0n) is 17.5. The predicted octanol–water partition coefficient (Wildman–Crippen LogP) is 3.17. The molecule has 0 saturated carbocycles. The maximum Gasteiger partial charge on any atom is 0.311 e. The van der Waals surface area contributed by atoms with Crippen LogP contribution in [0.4, 0.5) is 0 Å². The average Bonchev–Trinajstić information content (AvgIpc) is 3.39. The Morgan fingerprint density at radius 1 is 1.06 bits per heavy atom. The Hall–Kier alpha value is -3.79. The number of esters is 1. The fourth-order valence-corrected chi connectivity index (χ4v) is 4.17. The van der Waals surface area contributed by atoms with Gasteiger partial charge in [-0.15, -0.1) is 15.3 Å². The molecule has 2 aromatic carbocycles. The second-order valence-corrected chi connectivity index (χ2v) is 8.15. The molecule has 0 fully saturated rings. The minimum absolute atomic E-state index is 0.0172. The molecule has 3 heterocycles. The Morgan fingerprint density at radius 2 is 1.91 bits per heavy atom. The summed E-state index contributed by atoms with van der Waals surface area (Å²) >= 11 is 1.52. The Kier molecular flexibility index (Phi) is 5.28. The van der Waals surface area contributed by atoms with Crippen molar-refractivity contribution in [2.24, 2.45) is 0 Å².